The Labute approximate surface area is 67.9 Å². The van der Waals surface area contributed by atoms with Gasteiger partial charge in [0.05, 0.1) is 0 Å². The maximum Gasteiger partial charge on any atom is 0.170 e. The third-order valence-corrected chi connectivity index (χ3v) is 1.43. The molecule has 0 spiro atoms. The third-order valence-electron chi connectivity index (χ3n) is 1.43. The summed E-state index contributed by atoms with van der Waals surface area (Å²) in [7, 11) is 2.01. The summed E-state index contributed by atoms with van der Waals surface area (Å²) in [6, 6.07) is 4.64. The first-order valence-electron chi connectivity index (χ1n) is 3.90. The average Bonchev–Trinajstić information content (AvgIpc) is 1.93. The molecule has 0 aliphatic rings. The fraction of sp³-hybridized carbons (Fsp3) is 0.444. The third kappa shape index (κ3) is 2.58. The summed E-state index contributed by atoms with van der Waals surface area (Å²) in [6.07, 6.45) is 4.06. The Bertz CT molecular complexity index is 214. The smallest absolute Gasteiger partial charge is 0.170 e. The number of hydrogen-bond donors (Lipinski definition) is 1. The molecular formula is C9H15N2+. The van der Waals surface area contributed by atoms with Crippen LogP contribution in [0.25, 0.3) is 0 Å². The molecule has 0 unspecified atom stereocenters. The normalized spacial score (nSPS) is 10.2. The Morgan fingerprint density at radius 1 is 1.27 bits per heavy atom. The van der Waals surface area contributed by atoms with Crippen molar-refractivity contribution in [3.8, 4) is 0 Å². The van der Waals surface area contributed by atoms with E-state index in [2.05, 4.69) is 31.3 Å². The van der Waals surface area contributed by atoms with Gasteiger partial charge in [-0.1, -0.05) is 0 Å². The Hall–Kier alpha value is -1.05. The Kier molecular flexibility index (Phi) is 2.47. The van der Waals surface area contributed by atoms with Crippen molar-refractivity contribution >= 4 is 5.69 Å². The van der Waals surface area contributed by atoms with Crippen molar-refractivity contribution < 1.29 is 4.57 Å². The van der Waals surface area contributed by atoms with Gasteiger partial charge < -0.3 is 5.32 Å². The van der Waals surface area contributed by atoms with Gasteiger partial charge in [-0.05, 0) is 13.8 Å². The van der Waals surface area contributed by atoms with Gasteiger partial charge in [-0.3, -0.25) is 0 Å². The zero-order valence-corrected chi connectivity index (χ0v) is 7.33. The van der Waals surface area contributed by atoms with E-state index in [1.54, 1.807) is 0 Å². The van der Waals surface area contributed by atoms with E-state index in [0.29, 0.717) is 6.04 Å². The minimum atomic E-state index is 0.503. The number of anilines is 1. The van der Waals surface area contributed by atoms with E-state index in [1.807, 2.05) is 24.0 Å². The predicted octanol–water partition coefficient (Wildman–Crippen LogP) is 1.33. The van der Waals surface area contributed by atoms with Gasteiger partial charge in [0.15, 0.2) is 12.4 Å². The predicted molar refractivity (Wildman–Crippen MR) is 46.4 cm³/mol. The van der Waals surface area contributed by atoms with Crippen LogP contribution in [-0.2, 0) is 7.05 Å². The first-order chi connectivity index (χ1) is 5.18. The molecule has 0 aliphatic heterocycles. The molecule has 0 radical (unpaired) electrons. The van der Waals surface area contributed by atoms with Crippen LogP contribution in [0.15, 0.2) is 24.5 Å². The van der Waals surface area contributed by atoms with E-state index in [1.165, 1.54) is 5.69 Å². The number of hydrogen-bond acceptors (Lipinski definition) is 1. The Morgan fingerprint density at radius 3 is 2.27 bits per heavy atom. The van der Waals surface area contributed by atoms with Crippen LogP contribution in [0, 0.1) is 0 Å². The van der Waals surface area contributed by atoms with Crippen molar-refractivity contribution in [2.24, 2.45) is 7.05 Å². The fourth-order valence-corrected chi connectivity index (χ4v) is 0.931. The van der Waals surface area contributed by atoms with Gasteiger partial charge >= 0.3 is 0 Å². The fourth-order valence-electron chi connectivity index (χ4n) is 0.931. The Balaban J connectivity index is 2.66. The highest BCUT2D eigenvalue weighted by Gasteiger charge is 1.95. The van der Waals surface area contributed by atoms with Gasteiger partial charge in [0.2, 0.25) is 0 Å². The highest BCUT2D eigenvalue weighted by Crippen LogP contribution is 2.03. The SMILES string of the molecule is CC(C)Nc1cc[n+](C)cc1. The summed E-state index contributed by atoms with van der Waals surface area (Å²) in [5, 5.41) is 3.32. The average molecular weight is 151 g/mol. The molecule has 1 aromatic heterocycles. The summed E-state index contributed by atoms with van der Waals surface area (Å²) < 4.78 is 2.02. The van der Waals surface area contributed by atoms with Crippen LogP contribution in [-0.4, -0.2) is 6.04 Å². The maximum absolute atomic E-state index is 3.32. The van der Waals surface area contributed by atoms with Crippen LogP contribution in [0.4, 0.5) is 5.69 Å². The van der Waals surface area contributed by atoms with Gasteiger partial charge in [-0.25, -0.2) is 4.57 Å². The molecule has 0 saturated carbocycles. The second kappa shape index (κ2) is 3.37. The molecule has 11 heavy (non-hydrogen) atoms. The van der Waals surface area contributed by atoms with E-state index < -0.39 is 0 Å². The molecule has 60 valence electrons. The number of nitrogens with one attached hydrogen (secondary N) is 1. The lowest BCUT2D eigenvalue weighted by Crippen LogP contribution is -2.26. The molecule has 0 aromatic carbocycles. The van der Waals surface area contributed by atoms with Crippen LogP contribution in [0.5, 0.6) is 0 Å². The Morgan fingerprint density at radius 2 is 1.82 bits per heavy atom. The number of aryl methyl sites for hydroxylation is 1. The molecule has 2 heteroatoms. The molecular weight excluding hydrogens is 136 g/mol. The van der Waals surface area contributed by atoms with Gasteiger partial charge in [-0.2, -0.15) is 0 Å². The second-order valence-electron chi connectivity index (χ2n) is 3.05. The van der Waals surface area contributed by atoms with Gasteiger partial charge in [0, 0.05) is 23.9 Å². The van der Waals surface area contributed by atoms with Crippen LogP contribution in [0.3, 0.4) is 0 Å². The molecule has 0 atom stereocenters. The quantitative estimate of drug-likeness (QED) is 0.630. The first kappa shape index (κ1) is 8.05. The zero-order valence-electron chi connectivity index (χ0n) is 7.33. The summed E-state index contributed by atoms with van der Waals surface area (Å²) >= 11 is 0. The second-order valence-corrected chi connectivity index (χ2v) is 3.05. The maximum atomic E-state index is 3.32. The molecule has 2 nitrogen and oxygen atoms in total. The summed E-state index contributed by atoms with van der Waals surface area (Å²) in [6.45, 7) is 4.26. The summed E-state index contributed by atoms with van der Waals surface area (Å²) in [5.74, 6) is 0. The van der Waals surface area contributed by atoms with Gasteiger partial charge in [0.1, 0.15) is 7.05 Å². The topological polar surface area (TPSA) is 15.9 Å². The first-order valence-corrected chi connectivity index (χ1v) is 3.90. The highest BCUT2D eigenvalue weighted by molar-refractivity contribution is 5.40. The van der Waals surface area contributed by atoms with E-state index in [9.17, 15) is 0 Å². The molecule has 0 amide bonds. The summed E-state index contributed by atoms with van der Waals surface area (Å²) in [4.78, 5) is 0. The van der Waals surface area contributed by atoms with Crippen LogP contribution in [0.1, 0.15) is 13.8 Å². The van der Waals surface area contributed by atoms with Gasteiger partial charge in [0.25, 0.3) is 0 Å². The van der Waals surface area contributed by atoms with Crippen LogP contribution < -0.4 is 9.88 Å². The number of nitrogens with zero attached hydrogens (tertiary/aromatic N) is 1. The minimum absolute atomic E-state index is 0.503. The molecule has 0 saturated heterocycles. The molecule has 0 aliphatic carbocycles. The lowest BCUT2D eigenvalue weighted by atomic mass is 10.3. The van der Waals surface area contributed by atoms with Gasteiger partial charge in [-0.15, -0.1) is 0 Å². The van der Waals surface area contributed by atoms with Crippen molar-refractivity contribution in [2.75, 3.05) is 5.32 Å². The van der Waals surface area contributed by atoms with Crippen molar-refractivity contribution in [2.45, 2.75) is 19.9 Å². The largest absolute Gasteiger partial charge is 0.383 e. The highest BCUT2D eigenvalue weighted by atomic mass is 14.9. The number of pyridine rings is 1. The molecule has 1 N–H and O–H groups in total. The minimum Gasteiger partial charge on any atom is -0.383 e. The van der Waals surface area contributed by atoms with E-state index >= 15 is 0 Å². The van der Waals surface area contributed by atoms with Crippen molar-refractivity contribution in [3.05, 3.63) is 24.5 Å². The van der Waals surface area contributed by atoms with E-state index in [0.717, 1.165) is 0 Å². The molecule has 1 rings (SSSR count). The molecule has 0 fully saturated rings. The van der Waals surface area contributed by atoms with Crippen LogP contribution in [0.2, 0.25) is 0 Å². The lowest BCUT2D eigenvalue weighted by molar-refractivity contribution is -0.671. The standard InChI is InChI=1S/C9H14N2/c1-8(2)10-9-4-6-11(3)7-5-9/h4-8H,1-3H3/p+1. The monoisotopic (exact) mass is 151 g/mol. The summed E-state index contributed by atoms with van der Waals surface area (Å²) in [5.41, 5.74) is 1.18. The van der Waals surface area contributed by atoms with Crippen molar-refractivity contribution in [1.82, 2.24) is 0 Å². The molecule has 1 aromatic rings. The van der Waals surface area contributed by atoms with E-state index in [-0.39, 0.29) is 0 Å². The lowest BCUT2D eigenvalue weighted by Gasteiger charge is -2.07. The van der Waals surface area contributed by atoms with E-state index in [4.69, 9.17) is 0 Å². The van der Waals surface area contributed by atoms with Crippen molar-refractivity contribution in [3.63, 3.8) is 0 Å². The number of rotatable bonds is 2. The van der Waals surface area contributed by atoms with Crippen molar-refractivity contribution in [1.29, 1.82) is 0 Å². The zero-order chi connectivity index (χ0) is 8.27. The molecule has 1 heterocycles. The van der Waals surface area contributed by atoms with Crippen LogP contribution >= 0.6 is 0 Å². The number of aromatic nitrogens is 1. The molecule has 0 bridgehead atoms.